The van der Waals surface area contributed by atoms with Gasteiger partial charge in [0.15, 0.2) is 5.82 Å². The first kappa shape index (κ1) is 22.2. The van der Waals surface area contributed by atoms with Crippen LogP contribution in [0.2, 0.25) is 0 Å². The topological polar surface area (TPSA) is 109 Å². The number of nitrogens with zero attached hydrogens (tertiary/aromatic N) is 5. The average Bonchev–Trinajstić information content (AvgIpc) is 3.29. The predicted octanol–water partition coefficient (Wildman–Crippen LogP) is 3.42. The summed E-state index contributed by atoms with van der Waals surface area (Å²) in [4.78, 5) is 21.7. The second-order valence-electron chi connectivity index (χ2n) is 7.29. The van der Waals surface area contributed by atoms with E-state index in [2.05, 4.69) is 44.6 Å². The van der Waals surface area contributed by atoms with E-state index in [0.717, 1.165) is 23.1 Å². The van der Waals surface area contributed by atoms with Gasteiger partial charge in [-0.25, -0.2) is 14.1 Å². The third-order valence-corrected chi connectivity index (χ3v) is 5.21. The van der Waals surface area contributed by atoms with Crippen molar-refractivity contribution in [1.82, 2.24) is 24.5 Å². The van der Waals surface area contributed by atoms with Crippen LogP contribution in [0.5, 0.6) is 0 Å². The number of anilines is 1. The minimum absolute atomic E-state index is 0.208. The van der Waals surface area contributed by atoms with E-state index < -0.39 is 6.04 Å². The minimum atomic E-state index is -0.549. The van der Waals surface area contributed by atoms with Crippen LogP contribution in [0, 0.1) is 11.3 Å². The molecule has 2 heterocycles. The predicted molar refractivity (Wildman–Crippen MR) is 128 cm³/mol. The van der Waals surface area contributed by atoms with Gasteiger partial charge in [0, 0.05) is 12.7 Å². The normalized spacial score (nSPS) is 11.5. The second-order valence-corrected chi connectivity index (χ2v) is 7.70. The second kappa shape index (κ2) is 10.5. The molecule has 0 fully saturated rings. The summed E-state index contributed by atoms with van der Waals surface area (Å²) in [5, 5.41) is 19.2. The van der Waals surface area contributed by atoms with E-state index in [9.17, 15) is 4.79 Å². The maximum absolute atomic E-state index is 13.1. The number of carbonyl (C=O) groups excluding carboxylic acids is 1. The van der Waals surface area contributed by atoms with Crippen molar-refractivity contribution in [2.45, 2.75) is 12.5 Å². The summed E-state index contributed by atoms with van der Waals surface area (Å²) in [6.07, 6.45) is 7.16. The van der Waals surface area contributed by atoms with Gasteiger partial charge in [0.1, 0.15) is 6.04 Å². The monoisotopic (exact) mass is 455 g/mol. The summed E-state index contributed by atoms with van der Waals surface area (Å²) in [5.74, 6) is 0.286. The van der Waals surface area contributed by atoms with Gasteiger partial charge >= 0.3 is 0 Å². The van der Waals surface area contributed by atoms with Crippen LogP contribution in [-0.2, 0) is 11.2 Å². The minimum Gasteiger partial charge on any atom is -0.322 e. The van der Waals surface area contributed by atoms with Crippen molar-refractivity contribution in [3.8, 4) is 17.5 Å². The van der Waals surface area contributed by atoms with Gasteiger partial charge in [0.2, 0.25) is 5.91 Å². The van der Waals surface area contributed by atoms with E-state index in [-0.39, 0.29) is 5.91 Å². The first-order valence-electron chi connectivity index (χ1n) is 10.3. The SMILES string of the molecule is N#Cc1ccc(CCNC(C(=O)Nc2cnc(-c3cnn(S)c3)nc2)c2ccccc2)cc1. The Balaban J connectivity index is 1.42. The number of hydrogen-bond acceptors (Lipinski definition) is 7. The number of nitrogens with one attached hydrogen (secondary N) is 2. The molecule has 164 valence electrons. The molecule has 4 aromatic rings. The molecule has 2 aromatic heterocycles. The first-order chi connectivity index (χ1) is 16.1. The first-order valence-corrected chi connectivity index (χ1v) is 10.7. The molecule has 1 unspecified atom stereocenters. The molecule has 2 aromatic carbocycles. The molecule has 9 heteroatoms. The number of rotatable bonds is 8. The number of thiol groups is 1. The van der Waals surface area contributed by atoms with Crippen molar-refractivity contribution in [1.29, 1.82) is 5.26 Å². The number of hydrogen-bond donors (Lipinski definition) is 3. The maximum Gasteiger partial charge on any atom is 0.246 e. The zero-order valence-electron chi connectivity index (χ0n) is 17.6. The van der Waals surface area contributed by atoms with Crippen LogP contribution in [-0.4, -0.2) is 31.6 Å². The quantitative estimate of drug-likeness (QED) is 0.351. The number of carbonyl (C=O) groups is 1. The van der Waals surface area contributed by atoms with Gasteiger partial charge in [-0.2, -0.15) is 10.4 Å². The Bertz CT molecular complexity index is 1250. The van der Waals surface area contributed by atoms with Crippen molar-refractivity contribution in [3.63, 3.8) is 0 Å². The summed E-state index contributed by atoms with van der Waals surface area (Å²) in [5.41, 5.74) is 3.79. The maximum atomic E-state index is 13.1. The molecule has 33 heavy (non-hydrogen) atoms. The van der Waals surface area contributed by atoms with Crippen molar-refractivity contribution in [2.75, 3.05) is 11.9 Å². The highest BCUT2D eigenvalue weighted by atomic mass is 32.1. The summed E-state index contributed by atoms with van der Waals surface area (Å²) in [6, 6.07) is 18.5. The van der Waals surface area contributed by atoms with E-state index >= 15 is 0 Å². The van der Waals surface area contributed by atoms with E-state index in [4.69, 9.17) is 5.26 Å². The summed E-state index contributed by atoms with van der Waals surface area (Å²) < 4.78 is 1.38. The molecule has 0 bridgehead atoms. The summed E-state index contributed by atoms with van der Waals surface area (Å²) >= 11 is 4.11. The average molecular weight is 456 g/mol. The molecule has 0 saturated carbocycles. The summed E-state index contributed by atoms with van der Waals surface area (Å²) in [6.45, 7) is 0.585. The Hall–Kier alpha value is -4.00. The highest BCUT2D eigenvalue weighted by Crippen LogP contribution is 2.18. The molecule has 0 aliphatic carbocycles. The number of aromatic nitrogens is 4. The van der Waals surface area contributed by atoms with Gasteiger partial charge in [-0.15, -0.1) is 0 Å². The van der Waals surface area contributed by atoms with Crippen molar-refractivity contribution >= 4 is 24.4 Å². The highest BCUT2D eigenvalue weighted by molar-refractivity contribution is 7.78. The summed E-state index contributed by atoms with van der Waals surface area (Å²) in [7, 11) is 0. The molecule has 0 radical (unpaired) electrons. The van der Waals surface area contributed by atoms with Crippen LogP contribution in [0.4, 0.5) is 5.69 Å². The zero-order chi connectivity index (χ0) is 23.0. The van der Waals surface area contributed by atoms with Crippen LogP contribution in [0.1, 0.15) is 22.7 Å². The Morgan fingerprint density at radius 1 is 1.06 bits per heavy atom. The van der Waals surface area contributed by atoms with Crippen molar-refractivity contribution in [2.24, 2.45) is 0 Å². The van der Waals surface area contributed by atoms with Gasteiger partial charge in [-0.1, -0.05) is 42.5 Å². The van der Waals surface area contributed by atoms with Gasteiger partial charge in [-0.05, 0) is 42.5 Å². The lowest BCUT2D eigenvalue weighted by Gasteiger charge is -2.19. The van der Waals surface area contributed by atoms with Gasteiger partial charge in [-0.3, -0.25) is 4.79 Å². The van der Waals surface area contributed by atoms with Crippen LogP contribution in [0.25, 0.3) is 11.4 Å². The number of amides is 1. The Labute approximate surface area is 196 Å². The number of nitriles is 1. The highest BCUT2D eigenvalue weighted by Gasteiger charge is 2.20. The van der Waals surface area contributed by atoms with E-state index in [1.807, 2.05) is 42.5 Å². The fourth-order valence-electron chi connectivity index (χ4n) is 3.30. The lowest BCUT2D eigenvalue weighted by atomic mass is 10.0. The van der Waals surface area contributed by atoms with Crippen LogP contribution < -0.4 is 10.6 Å². The lowest BCUT2D eigenvalue weighted by molar-refractivity contribution is -0.118. The van der Waals surface area contributed by atoms with Gasteiger partial charge in [0.25, 0.3) is 0 Å². The lowest BCUT2D eigenvalue weighted by Crippen LogP contribution is -2.34. The standard InChI is InChI=1S/C24H21N7OS/c25-12-18-8-6-17(7-9-18)10-11-26-22(19-4-2-1-3-5-19)24(32)30-21-14-27-23(28-15-21)20-13-29-31(33)16-20/h1-9,13-16,22,26,33H,10-11H2,(H,30,32). The van der Waals surface area contributed by atoms with E-state index in [0.29, 0.717) is 23.6 Å². The molecule has 1 atom stereocenters. The Morgan fingerprint density at radius 2 is 1.79 bits per heavy atom. The molecule has 4 rings (SSSR count). The third kappa shape index (κ3) is 5.83. The van der Waals surface area contributed by atoms with E-state index in [1.165, 1.54) is 4.09 Å². The third-order valence-electron chi connectivity index (χ3n) is 4.99. The zero-order valence-corrected chi connectivity index (χ0v) is 18.5. The molecule has 0 aliphatic rings. The van der Waals surface area contributed by atoms with Crippen molar-refractivity contribution < 1.29 is 4.79 Å². The molecule has 0 saturated heterocycles. The molecular formula is C24H21N7OS. The molecule has 2 N–H and O–H groups in total. The molecular weight excluding hydrogens is 434 g/mol. The van der Waals surface area contributed by atoms with Crippen LogP contribution in [0.15, 0.2) is 79.4 Å². The van der Waals surface area contributed by atoms with Crippen LogP contribution in [0.3, 0.4) is 0 Å². The van der Waals surface area contributed by atoms with E-state index in [1.54, 1.807) is 36.9 Å². The smallest absolute Gasteiger partial charge is 0.246 e. The fourth-order valence-corrected chi connectivity index (χ4v) is 3.47. The molecule has 0 aliphatic heterocycles. The fraction of sp³-hybridized carbons (Fsp3) is 0.125. The molecule has 0 spiro atoms. The van der Waals surface area contributed by atoms with Crippen LogP contribution >= 0.6 is 12.8 Å². The largest absolute Gasteiger partial charge is 0.322 e. The number of benzene rings is 2. The molecule has 8 nitrogen and oxygen atoms in total. The Kier molecular flexibility index (Phi) is 7.09. The molecule has 1 amide bonds. The van der Waals surface area contributed by atoms with Gasteiger partial charge < -0.3 is 10.6 Å². The van der Waals surface area contributed by atoms with Crippen molar-refractivity contribution in [3.05, 3.63) is 96.1 Å². The van der Waals surface area contributed by atoms with Gasteiger partial charge in [0.05, 0.1) is 41.5 Å². The Morgan fingerprint density at radius 3 is 2.42 bits per heavy atom.